The van der Waals surface area contributed by atoms with Gasteiger partial charge in [0.25, 0.3) is 11.6 Å². The maximum atomic E-state index is 12.3. The van der Waals surface area contributed by atoms with Crippen molar-refractivity contribution in [2.45, 2.75) is 13.0 Å². The van der Waals surface area contributed by atoms with Crippen molar-refractivity contribution in [1.29, 1.82) is 0 Å². The molecule has 0 radical (unpaired) electrons. The molecule has 3 rings (SSSR count). The second-order valence-electron chi connectivity index (χ2n) is 6.89. The van der Waals surface area contributed by atoms with Crippen molar-refractivity contribution >= 4 is 17.3 Å². The van der Waals surface area contributed by atoms with Crippen molar-refractivity contribution in [2.24, 2.45) is 0 Å². The van der Waals surface area contributed by atoms with Crippen molar-refractivity contribution in [3.05, 3.63) is 70.3 Å². The van der Waals surface area contributed by atoms with Crippen molar-refractivity contribution in [2.75, 3.05) is 37.6 Å². The first-order valence-electron chi connectivity index (χ1n) is 9.20. The number of amides is 1. The smallest absolute Gasteiger partial charge is 0.275 e. The largest absolute Gasteiger partial charge is 0.360 e. The number of hydrogen-bond acceptors (Lipinski definition) is 4. The first-order chi connectivity index (χ1) is 13.0. The van der Waals surface area contributed by atoms with E-state index in [1.807, 2.05) is 37.3 Å². The number of benzene rings is 2. The van der Waals surface area contributed by atoms with Crippen LogP contribution in [0.25, 0.3) is 0 Å². The zero-order chi connectivity index (χ0) is 19.2. The Balaban J connectivity index is 1.46. The number of nitrogens with zero attached hydrogens (tertiary/aromatic N) is 2. The summed E-state index contributed by atoms with van der Waals surface area (Å²) in [5.74, 6) is 0.0603. The number of non-ortho nitro benzene ring substituents is 1. The summed E-state index contributed by atoms with van der Waals surface area (Å²) in [5, 5.41) is 13.8. The lowest BCUT2D eigenvalue weighted by molar-refractivity contribution is -0.892. The van der Waals surface area contributed by atoms with E-state index < -0.39 is 0 Å². The number of hydrogen-bond donors (Lipinski definition) is 2. The highest BCUT2D eigenvalue weighted by molar-refractivity contribution is 5.77. The summed E-state index contributed by atoms with van der Waals surface area (Å²) in [7, 11) is 0. The highest BCUT2D eigenvalue weighted by Gasteiger charge is 2.23. The Morgan fingerprint density at radius 1 is 1.15 bits per heavy atom. The third kappa shape index (κ3) is 5.04. The van der Waals surface area contributed by atoms with Gasteiger partial charge in [-0.15, -0.1) is 0 Å². The molecule has 1 heterocycles. The van der Waals surface area contributed by atoms with Crippen LogP contribution in [0.5, 0.6) is 0 Å². The van der Waals surface area contributed by atoms with Crippen LogP contribution < -0.4 is 15.1 Å². The topological polar surface area (TPSA) is 79.9 Å². The van der Waals surface area contributed by atoms with Crippen LogP contribution >= 0.6 is 0 Å². The van der Waals surface area contributed by atoms with Crippen molar-refractivity contribution < 1.29 is 14.6 Å². The molecule has 0 aliphatic carbocycles. The molecule has 0 saturated carbocycles. The fraction of sp³-hybridized carbons (Fsp3) is 0.350. The van der Waals surface area contributed by atoms with E-state index in [2.05, 4.69) is 10.2 Å². The van der Waals surface area contributed by atoms with Crippen molar-refractivity contribution in [1.82, 2.24) is 5.32 Å². The Labute approximate surface area is 158 Å². The third-order valence-corrected chi connectivity index (χ3v) is 4.98. The Morgan fingerprint density at radius 2 is 1.78 bits per heavy atom. The molecular formula is C20H25N4O3+. The fourth-order valence-corrected chi connectivity index (χ4v) is 3.39. The fourth-order valence-electron chi connectivity index (χ4n) is 3.39. The summed E-state index contributed by atoms with van der Waals surface area (Å²) in [6, 6.07) is 16.6. The molecule has 1 amide bonds. The minimum Gasteiger partial charge on any atom is -0.360 e. The zero-order valence-electron chi connectivity index (χ0n) is 15.4. The molecule has 7 nitrogen and oxygen atoms in total. The number of rotatable bonds is 6. The summed E-state index contributed by atoms with van der Waals surface area (Å²) in [6.45, 7) is 5.85. The lowest BCUT2D eigenvalue weighted by Crippen LogP contribution is -3.15. The third-order valence-electron chi connectivity index (χ3n) is 4.98. The van der Waals surface area contributed by atoms with Crippen LogP contribution in [-0.4, -0.2) is 43.6 Å². The maximum Gasteiger partial charge on any atom is 0.275 e. The molecule has 1 atom stereocenters. The Morgan fingerprint density at radius 3 is 2.37 bits per heavy atom. The quantitative estimate of drug-likeness (QED) is 0.592. The van der Waals surface area contributed by atoms with Crippen LogP contribution in [0.1, 0.15) is 18.5 Å². The van der Waals surface area contributed by atoms with E-state index in [4.69, 9.17) is 0 Å². The molecule has 1 saturated heterocycles. The SMILES string of the molecule is C[C@H](NC(=O)C[NH+]1CCN(c2ccc([N+](=O)[O-])cc2)CC1)c1ccccc1. The second-order valence-corrected chi connectivity index (χ2v) is 6.89. The van der Waals surface area contributed by atoms with E-state index in [9.17, 15) is 14.9 Å². The first-order valence-corrected chi connectivity index (χ1v) is 9.20. The van der Waals surface area contributed by atoms with E-state index >= 15 is 0 Å². The highest BCUT2D eigenvalue weighted by atomic mass is 16.6. The minimum absolute atomic E-state index is 0.000464. The van der Waals surface area contributed by atoms with Crippen LogP contribution in [0.4, 0.5) is 11.4 Å². The molecular weight excluding hydrogens is 344 g/mol. The minimum atomic E-state index is -0.388. The number of carbonyl (C=O) groups excluding carboxylic acids is 1. The van der Waals surface area contributed by atoms with Gasteiger partial charge in [-0.05, 0) is 24.6 Å². The molecule has 1 fully saturated rings. The van der Waals surface area contributed by atoms with Gasteiger partial charge in [0.1, 0.15) is 0 Å². The van der Waals surface area contributed by atoms with Crippen LogP contribution in [0, 0.1) is 10.1 Å². The molecule has 2 N–H and O–H groups in total. The van der Waals surface area contributed by atoms with E-state index in [0.29, 0.717) is 6.54 Å². The predicted molar refractivity (Wildman–Crippen MR) is 104 cm³/mol. The number of anilines is 1. The summed E-state index contributed by atoms with van der Waals surface area (Å²) >= 11 is 0. The Bertz CT molecular complexity index is 772. The van der Waals surface area contributed by atoms with Gasteiger partial charge in [-0.3, -0.25) is 14.9 Å². The van der Waals surface area contributed by atoms with Crippen LogP contribution in [0.15, 0.2) is 54.6 Å². The summed E-state index contributed by atoms with van der Waals surface area (Å²) in [4.78, 5) is 26.2. The van der Waals surface area contributed by atoms with Gasteiger partial charge in [0, 0.05) is 17.8 Å². The molecule has 1 aliphatic heterocycles. The van der Waals surface area contributed by atoms with E-state index in [0.717, 1.165) is 37.4 Å². The summed E-state index contributed by atoms with van der Waals surface area (Å²) < 4.78 is 0. The lowest BCUT2D eigenvalue weighted by Gasteiger charge is -2.33. The van der Waals surface area contributed by atoms with E-state index in [1.54, 1.807) is 12.1 Å². The van der Waals surface area contributed by atoms with Gasteiger partial charge in [0.15, 0.2) is 6.54 Å². The number of carbonyl (C=O) groups is 1. The molecule has 142 valence electrons. The molecule has 1 aliphatic rings. The Hall–Kier alpha value is -2.93. The molecule has 7 heteroatoms. The highest BCUT2D eigenvalue weighted by Crippen LogP contribution is 2.19. The van der Waals surface area contributed by atoms with Crippen LogP contribution in [0.2, 0.25) is 0 Å². The summed E-state index contributed by atoms with van der Waals surface area (Å²) in [6.07, 6.45) is 0. The van der Waals surface area contributed by atoms with Gasteiger partial charge in [-0.2, -0.15) is 0 Å². The number of nitrogens with one attached hydrogen (secondary N) is 2. The molecule has 0 bridgehead atoms. The van der Waals surface area contributed by atoms with Crippen molar-refractivity contribution in [3.63, 3.8) is 0 Å². The average molecular weight is 369 g/mol. The molecule has 2 aromatic carbocycles. The number of quaternary nitrogens is 1. The van der Waals surface area contributed by atoms with Crippen LogP contribution in [0.3, 0.4) is 0 Å². The molecule has 0 aromatic heterocycles. The van der Waals surface area contributed by atoms with Gasteiger partial charge in [-0.25, -0.2) is 0 Å². The van der Waals surface area contributed by atoms with E-state index in [1.165, 1.54) is 17.0 Å². The first kappa shape index (κ1) is 18.8. The average Bonchev–Trinajstić information content (AvgIpc) is 2.69. The number of nitro groups is 1. The van der Waals surface area contributed by atoms with Crippen LogP contribution in [-0.2, 0) is 4.79 Å². The maximum absolute atomic E-state index is 12.3. The van der Waals surface area contributed by atoms with Gasteiger partial charge in [-0.1, -0.05) is 30.3 Å². The van der Waals surface area contributed by atoms with Gasteiger partial charge in [0.05, 0.1) is 37.1 Å². The lowest BCUT2D eigenvalue weighted by atomic mass is 10.1. The van der Waals surface area contributed by atoms with Crippen molar-refractivity contribution in [3.8, 4) is 0 Å². The van der Waals surface area contributed by atoms with Gasteiger partial charge in [0.2, 0.25) is 0 Å². The molecule has 0 spiro atoms. The Kier molecular flexibility index (Phi) is 6.03. The van der Waals surface area contributed by atoms with Gasteiger partial charge >= 0.3 is 0 Å². The zero-order valence-corrected chi connectivity index (χ0v) is 15.4. The normalized spacial score (nSPS) is 16.0. The second kappa shape index (κ2) is 8.64. The number of piperazine rings is 1. The summed E-state index contributed by atoms with van der Waals surface area (Å²) in [5.41, 5.74) is 2.19. The molecule has 2 aromatic rings. The van der Waals surface area contributed by atoms with Gasteiger partial charge < -0.3 is 15.1 Å². The standard InChI is InChI=1S/C20H24N4O3/c1-16(17-5-3-2-4-6-17)21-20(25)15-22-11-13-23(14-12-22)18-7-9-19(10-8-18)24(26)27/h2-10,16H,11-15H2,1H3,(H,21,25)/p+1/t16-/m0/s1. The predicted octanol–water partition coefficient (Wildman–Crippen LogP) is 1.18. The monoisotopic (exact) mass is 369 g/mol. The number of nitro benzene ring substituents is 1. The molecule has 27 heavy (non-hydrogen) atoms. The van der Waals surface area contributed by atoms with E-state index in [-0.39, 0.29) is 22.6 Å². The molecule has 0 unspecified atom stereocenters.